The summed E-state index contributed by atoms with van der Waals surface area (Å²) in [4.78, 5) is 88.3. The number of unbranched alkanes of at least 4 members (excludes halogenated alkanes) is 11. The molecule has 2 amide bonds. The van der Waals surface area contributed by atoms with Gasteiger partial charge in [-0.15, -0.1) is 0 Å². The van der Waals surface area contributed by atoms with E-state index in [0.717, 1.165) is 54.7 Å². The summed E-state index contributed by atoms with van der Waals surface area (Å²) < 4.78 is 62.4. The zero-order chi connectivity index (χ0) is 49.7. The van der Waals surface area contributed by atoms with Crippen molar-refractivity contribution in [3.63, 3.8) is 0 Å². The molecule has 0 bridgehead atoms. The minimum atomic E-state index is -5.57. The first-order chi connectivity index (χ1) is 31.6. The fraction of sp³-hybridized carbons (Fsp3) is 0.744. The number of allylic oxidation sites excluding steroid dienone is 2. The van der Waals surface area contributed by atoms with Gasteiger partial charge < -0.3 is 50.9 Å². The van der Waals surface area contributed by atoms with Gasteiger partial charge >= 0.3 is 23.5 Å². The molecule has 2 aromatic rings. The summed E-state index contributed by atoms with van der Waals surface area (Å²) in [6.07, 6.45) is 13.4. The number of thioether (sulfide) groups is 1. The number of imidazole rings is 1. The van der Waals surface area contributed by atoms with E-state index in [9.17, 15) is 57.9 Å². The summed E-state index contributed by atoms with van der Waals surface area (Å²) in [7, 11) is -16.4. The summed E-state index contributed by atoms with van der Waals surface area (Å²) in [6, 6.07) is 0. The minimum Gasteiger partial charge on any atom is -0.386 e. The van der Waals surface area contributed by atoms with Gasteiger partial charge in [-0.1, -0.05) is 96.1 Å². The van der Waals surface area contributed by atoms with Gasteiger partial charge in [0, 0.05) is 37.1 Å². The quantitative estimate of drug-likeness (QED) is 0.0260. The Kier molecular flexibility index (Phi) is 25.2. The third-order valence-electron chi connectivity index (χ3n) is 10.4. The van der Waals surface area contributed by atoms with Crippen molar-refractivity contribution in [2.24, 2.45) is 5.41 Å². The number of hydrogen-bond acceptors (Lipinski definition) is 18. The van der Waals surface area contributed by atoms with Crippen LogP contribution < -0.4 is 16.4 Å². The maximum Gasteiger partial charge on any atom is 0.481 e. The Hall–Kier alpha value is -2.70. The molecule has 1 saturated heterocycles. The van der Waals surface area contributed by atoms with Crippen molar-refractivity contribution >= 4 is 69.1 Å². The van der Waals surface area contributed by atoms with Crippen molar-refractivity contribution in [1.29, 1.82) is 0 Å². The van der Waals surface area contributed by atoms with Crippen LogP contribution in [0.15, 0.2) is 24.8 Å². The van der Waals surface area contributed by atoms with Crippen LogP contribution in [0.5, 0.6) is 0 Å². The van der Waals surface area contributed by atoms with Gasteiger partial charge in [-0.05, 0) is 32.1 Å². The fourth-order valence-corrected chi connectivity index (χ4v) is 10.3. The van der Waals surface area contributed by atoms with E-state index < -0.39 is 84.6 Å². The molecule has 0 spiro atoms. The number of carbonyl (C=O) groups is 3. The largest absolute Gasteiger partial charge is 0.481 e. The number of fused-ring (bicyclic) bond motifs is 1. The smallest absolute Gasteiger partial charge is 0.386 e. The Morgan fingerprint density at radius 3 is 2.18 bits per heavy atom. The Morgan fingerprint density at radius 1 is 0.896 bits per heavy atom. The summed E-state index contributed by atoms with van der Waals surface area (Å²) in [5.41, 5.74) is 4.29. The van der Waals surface area contributed by atoms with Crippen LogP contribution in [0.2, 0.25) is 0 Å². The molecule has 1 aliphatic heterocycles. The Balaban J connectivity index is 1.30. The molecule has 7 atom stereocenters. The van der Waals surface area contributed by atoms with E-state index in [2.05, 4.69) is 53.5 Å². The second-order valence-corrected chi connectivity index (χ2v) is 22.0. The maximum atomic E-state index is 12.7. The van der Waals surface area contributed by atoms with E-state index in [0.29, 0.717) is 12.2 Å². The monoisotopic (exact) mass is 1030 g/mol. The van der Waals surface area contributed by atoms with E-state index in [4.69, 9.17) is 19.5 Å². The lowest BCUT2D eigenvalue weighted by molar-refractivity contribution is -0.137. The van der Waals surface area contributed by atoms with Crippen LogP contribution in [0.25, 0.3) is 11.2 Å². The molecule has 2 unspecified atom stereocenters. The van der Waals surface area contributed by atoms with E-state index in [1.807, 2.05) is 0 Å². The van der Waals surface area contributed by atoms with Crippen LogP contribution in [-0.4, -0.2) is 123 Å². The molecule has 0 aromatic carbocycles. The molecule has 3 rings (SSSR count). The Labute approximate surface area is 394 Å². The zero-order valence-corrected chi connectivity index (χ0v) is 41.6. The number of nitrogens with two attached hydrogens (primary N) is 1. The number of amides is 2. The number of rotatable bonds is 34. The van der Waals surface area contributed by atoms with E-state index >= 15 is 0 Å². The second kappa shape index (κ2) is 28.8. The Morgan fingerprint density at radius 2 is 1.52 bits per heavy atom. The molecule has 2 aromatic heterocycles. The first-order valence-electron chi connectivity index (χ1n) is 22.3. The van der Waals surface area contributed by atoms with Crippen molar-refractivity contribution in [1.82, 2.24) is 30.2 Å². The summed E-state index contributed by atoms with van der Waals surface area (Å²) >= 11 is 1.15. The summed E-state index contributed by atoms with van der Waals surface area (Å²) in [6.45, 7) is 2.79. The van der Waals surface area contributed by atoms with Gasteiger partial charge in [0.15, 0.2) is 22.8 Å². The predicted molar refractivity (Wildman–Crippen MR) is 247 cm³/mol. The standard InChI is InChI=1S/C39H68N7O17P3S/c1-4-5-6-7-8-9-10-11-12-13-14-15-16-17-18-19-30(48)67-23-22-41-29(47)20-21-42-37(51)34(50)39(2,3)25-60-66(57,58)63-65(55,56)59-24-28-33(62-64(52,53)54)32(49)38(61-28)46-27-45-31-35(40)43-26-44-36(31)46/h9-10,26-28,32-34,38,49-50H,4-8,11-25H2,1-3H3,(H,41,47)(H,42,51)(H,55,56)(H,57,58)(H2,40,43,44)(H2,52,53,54)/b10-9+/t28-,32-,33-,34+,38-/m1/s1. The third kappa shape index (κ3) is 21.9. The lowest BCUT2D eigenvalue weighted by Gasteiger charge is -2.30. The highest BCUT2D eigenvalue weighted by Crippen LogP contribution is 2.61. The van der Waals surface area contributed by atoms with Gasteiger partial charge in [0.05, 0.1) is 19.5 Å². The molecule has 382 valence electrons. The van der Waals surface area contributed by atoms with Gasteiger partial charge in [-0.25, -0.2) is 28.6 Å². The highest BCUT2D eigenvalue weighted by atomic mass is 32.2. The molecule has 10 N–H and O–H groups in total. The van der Waals surface area contributed by atoms with Crippen LogP contribution in [-0.2, 0) is 50.7 Å². The SMILES string of the molecule is CCCCCC/C=C/CCCCCCCCCC(=O)SCCNC(=O)CCNC(=O)[C@H](O)C(C)(C)COP(=O)(O)OP(=O)(O)OC[C@H]1O[C@@H](n2cnc3c(N)ncnc32)[C@H](O)[C@@H]1OP(=O)(O)O. The highest BCUT2D eigenvalue weighted by molar-refractivity contribution is 8.13. The van der Waals surface area contributed by atoms with Gasteiger partial charge in [-0.3, -0.25) is 32.5 Å². The minimum absolute atomic E-state index is 0.0332. The number of phosphoric ester groups is 3. The van der Waals surface area contributed by atoms with Crippen molar-refractivity contribution in [3.05, 3.63) is 24.8 Å². The topological polar surface area (TPSA) is 364 Å². The summed E-state index contributed by atoms with van der Waals surface area (Å²) in [5.74, 6) is -1.03. The first kappa shape index (κ1) is 58.6. The number of nitrogen functional groups attached to an aromatic ring is 1. The molecule has 3 heterocycles. The van der Waals surface area contributed by atoms with Gasteiger partial charge in [-0.2, -0.15) is 4.31 Å². The van der Waals surface area contributed by atoms with Crippen LogP contribution in [0.3, 0.4) is 0 Å². The normalized spacial score (nSPS) is 20.2. The number of phosphoric acid groups is 3. The van der Waals surface area contributed by atoms with Gasteiger partial charge in [0.2, 0.25) is 11.8 Å². The number of aromatic nitrogens is 4. The average Bonchev–Trinajstić information content (AvgIpc) is 3.81. The molecule has 28 heteroatoms. The van der Waals surface area contributed by atoms with Crippen molar-refractivity contribution in [2.75, 3.05) is 37.8 Å². The fourth-order valence-electron chi connectivity index (χ4n) is 6.71. The number of hydrogen-bond donors (Lipinski definition) is 9. The first-order valence-corrected chi connectivity index (χ1v) is 27.8. The number of ether oxygens (including phenoxy) is 1. The number of nitrogens with one attached hydrogen (secondary N) is 2. The molecular weight excluding hydrogens is 963 g/mol. The van der Waals surface area contributed by atoms with E-state index in [1.165, 1.54) is 71.6 Å². The van der Waals surface area contributed by atoms with Crippen LogP contribution in [0.4, 0.5) is 5.82 Å². The lowest BCUT2D eigenvalue weighted by atomic mass is 9.87. The molecule has 0 radical (unpaired) electrons. The average molecular weight is 1030 g/mol. The molecule has 0 saturated carbocycles. The van der Waals surface area contributed by atoms with Gasteiger partial charge in [0.1, 0.15) is 36.3 Å². The van der Waals surface area contributed by atoms with Crippen LogP contribution in [0, 0.1) is 5.41 Å². The zero-order valence-electron chi connectivity index (χ0n) is 38.1. The number of anilines is 1. The van der Waals surface area contributed by atoms with E-state index in [1.54, 1.807) is 0 Å². The van der Waals surface area contributed by atoms with Crippen molar-refractivity contribution < 1.29 is 80.5 Å². The number of aliphatic hydroxyl groups is 2. The molecule has 24 nitrogen and oxygen atoms in total. The molecule has 1 fully saturated rings. The number of carbonyl (C=O) groups excluding carboxylic acids is 3. The highest BCUT2D eigenvalue weighted by Gasteiger charge is 2.50. The molecule has 1 aliphatic rings. The summed E-state index contributed by atoms with van der Waals surface area (Å²) in [5, 5.41) is 26.7. The molecular formula is C39H68N7O17P3S. The van der Waals surface area contributed by atoms with Crippen molar-refractivity contribution in [2.45, 2.75) is 148 Å². The van der Waals surface area contributed by atoms with Crippen LogP contribution in [0.1, 0.15) is 123 Å². The number of aliphatic hydroxyl groups excluding tert-OH is 2. The third-order valence-corrected chi connectivity index (χ3v) is 14.4. The van der Waals surface area contributed by atoms with E-state index in [-0.39, 0.29) is 41.6 Å². The van der Waals surface area contributed by atoms with Crippen molar-refractivity contribution in [3.8, 4) is 0 Å². The predicted octanol–water partition coefficient (Wildman–Crippen LogP) is 4.70. The van der Waals surface area contributed by atoms with Crippen LogP contribution >= 0.6 is 35.2 Å². The second-order valence-electron chi connectivity index (χ2n) is 16.6. The maximum absolute atomic E-state index is 12.7. The van der Waals surface area contributed by atoms with Gasteiger partial charge in [0.25, 0.3) is 0 Å². The molecule has 67 heavy (non-hydrogen) atoms. The lowest BCUT2D eigenvalue weighted by Crippen LogP contribution is -2.46. The number of nitrogens with zero attached hydrogens (tertiary/aromatic N) is 4. The molecule has 0 aliphatic carbocycles. The Bertz CT molecular complexity index is 2040.